The number of cyclic esters (lactones) is 1. The van der Waals surface area contributed by atoms with Gasteiger partial charge in [-0.15, -0.1) is 0 Å². The second-order valence-electron chi connectivity index (χ2n) is 12.4. The lowest BCUT2D eigenvalue weighted by atomic mass is 9.97. The molecule has 55 heavy (non-hydrogen) atoms. The first-order valence-electron chi connectivity index (χ1n) is 15.4. The molecule has 2 aliphatic rings. The SMILES string of the molecule is COc1c(F)cc(-n2ncc(C(=O)O)c2C(F)(F)F)cc1-c1cnc(N2CC(F)(F)C2)nc1CN1C(=O)OC(c2cc(C(F)(F)F)cc(C(F)(F)F)c2)C1C. The number of aromatic carboxylic acids is 1. The molecule has 4 aromatic rings. The van der Waals surface area contributed by atoms with Gasteiger partial charge in [0.25, 0.3) is 5.92 Å². The summed E-state index contributed by atoms with van der Waals surface area (Å²) in [6, 6.07) is 0.651. The first-order chi connectivity index (χ1) is 25.4. The normalized spacial score (nSPS) is 18.7. The minimum atomic E-state index is -5.33. The quantitative estimate of drug-likeness (QED) is 0.178. The Morgan fingerprint density at radius 3 is 2.09 bits per heavy atom. The molecular formula is C32H22F12N6O5. The van der Waals surface area contributed by atoms with Gasteiger partial charge in [-0.25, -0.2) is 37.4 Å². The molecule has 294 valence electrons. The third kappa shape index (κ3) is 7.37. The Balaban J connectivity index is 1.47. The van der Waals surface area contributed by atoms with Crippen molar-refractivity contribution in [2.45, 2.75) is 50.1 Å². The van der Waals surface area contributed by atoms with Crippen molar-refractivity contribution in [2.75, 3.05) is 25.1 Å². The maximum Gasteiger partial charge on any atom is 0.434 e. The van der Waals surface area contributed by atoms with Gasteiger partial charge in [0.15, 0.2) is 17.3 Å². The van der Waals surface area contributed by atoms with Gasteiger partial charge in [-0.2, -0.15) is 44.6 Å². The highest BCUT2D eigenvalue weighted by Gasteiger charge is 2.47. The fourth-order valence-electron chi connectivity index (χ4n) is 6.10. The highest BCUT2D eigenvalue weighted by molar-refractivity contribution is 5.89. The van der Waals surface area contributed by atoms with E-state index in [1.54, 1.807) is 0 Å². The Bertz CT molecular complexity index is 2150. The molecule has 2 unspecified atom stereocenters. The van der Waals surface area contributed by atoms with Gasteiger partial charge in [0.05, 0.1) is 61.5 Å². The van der Waals surface area contributed by atoms with Gasteiger partial charge in [-0.05, 0) is 36.8 Å². The van der Waals surface area contributed by atoms with Crippen LogP contribution in [0.2, 0.25) is 0 Å². The largest absolute Gasteiger partial charge is 0.493 e. The van der Waals surface area contributed by atoms with Crippen LogP contribution in [-0.4, -0.2) is 74.0 Å². The Kier molecular flexibility index (Phi) is 9.36. The average molecular weight is 799 g/mol. The number of aromatic nitrogens is 4. The molecule has 2 aromatic carbocycles. The molecule has 0 aliphatic carbocycles. The number of nitrogens with zero attached hydrogens (tertiary/aromatic N) is 6. The smallest absolute Gasteiger partial charge is 0.434 e. The Morgan fingerprint density at radius 1 is 0.945 bits per heavy atom. The fraction of sp³-hybridized carbons (Fsp3) is 0.344. The number of hydrogen-bond acceptors (Lipinski definition) is 8. The number of carboxylic acid groups (broad SMARTS) is 1. The van der Waals surface area contributed by atoms with Crippen LogP contribution in [0.15, 0.2) is 42.7 Å². The summed E-state index contributed by atoms with van der Waals surface area (Å²) >= 11 is 0. The molecule has 11 nitrogen and oxygen atoms in total. The molecule has 6 rings (SSSR count). The summed E-state index contributed by atoms with van der Waals surface area (Å²) in [7, 11) is 0.963. The van der Waals surface area contributed by atoms with E-state index in [-0.39, 0.29) is 28.0 Å². The van der Waals surface area contributed by atoms with Gasteiger partial charge >= 0.3 is 30.6 Å². The monoisotopic (exact) mass is 798 g/mol. The van der Waals surface area contributed by atoms with Gasteiger partial charge in [-0.1, -0.05) is 0 Å². The summed E-state index contributed by atoms with van der Waals surface area (Å²) in [6.45, 7) is -1.29. The molecule has 2 saturated heterocycles. The van der Waals surface area contributed by atoms with Crippen LogP contribution in [0.1, 0.15) is 51.5 Å². The molecule has 1 amide bonds. The van der Waals surface area contributed by atoms with E-state index in [4.69, 9.17) is 9.47 Å². The summed E-state index contributed by atoms with van der Waals surface area (Å²) < 4.78 is 178. The number of carboxylic acids is 1. The first kappa shape index (κ1) is 38.9. The van der Waals surface area contributed by atoms with Gasteiger partial charge in [0.2, 0.25) is 5.95 Å². The molecule has 0 spiro atoms. The summed E-state index contributed by atoms with van der Waals surface area (Å²) in [4.78, 5) is 34.8. The maximum atomic E-state index is 15.6. The van der Waals surface area contributed by atoms with Crippen LogP contribution in [0, 0.1) is 5.82 Å². The lowest BCUT2D eigenvalue weighted by molar-refractivity contribution is -0.144. The molecule has 2 atom stereocenters. The zero-order valence-corrected chi connectivity index (χ0v) is 27.6. The minimum absolute atomic E-state index is 0.0846. The van der Waals surface area contributed by atoms with E-state index in [0.717, 1.165) is 29.2 Å². The van der Waals surface area contributed by atoms with E-state index >= 15 is 4.39 Å². The summed E-state index contributed by atoms with van der Waals surface area (Å²) in [5, 5.41) is 12.8. The summed E-state index contributed by atoms with van der Waals surface area (Å²) in [6.07, 6.45) is -17.5. The summed E-state index contributed by atoms with van der Waals surface area (Å²) in [5.74, 6) is -7.53. The Hall–Kier alpha value is -5.77. The maximum absolute atomic E-state index is 15.6. The number of rotatable bonds is 8. The Labute approximate surface area is 299 Å². The van der Waals surface area contributed by atoms with E-state index in [1.807, 2.05) is 0 Å². The molecule has 0 bridgehead atoms. The third-order valence-electron chi connectivity index (χ3n) is 8.67. The second kappa shape index (κ2) is 13.2. The van der Waals surface area contributed by atoms with E-state index in [0.29, 0.717) is 24.4 Å². The number of carbonyl (C=O) groups is 2. The van der Waals surface area contributed by atoms with Crippen molar-refractivity contribution in [1.29, 1.82) is 0 Å². The molecule has 2 aliphatic heterocycles. The van der Waals surface area contributed by atoms with Crippen LogP contribution >= 0.6 is 0 Å². The standard InChI is InChI=1S/C32H22F12N6O5/c1-13-23(14-3-15(30(36,37)38)5-16(4-14)31(39,40)41)55-28(53)49(13)10-22-19(8-45-27(47-22)48-11-29(34,35)12-48)18-6-17(7-21(33)24(18)54-2)50-25(32(42,43)44)20(9-46-50)26(51)52/h3-9,13,23H,10-12H2,1-2H3,(H,51,52). The first-order valence-corrected chi connectivity index (χ1v) is 15.4. The van der Waals surface area contributed by atoms with Crippen molar-refractivity contribution in [1.82, 2.24) is 24.6 Å². The van der Waals surface area contributed by atoms with Crippen molar-refractivity contribution in [3.63, 3.8) is 0 Å². The highest BCUT2D eigenvalue weighted by Crippen LogP contribution is 2.43. The molecule has 0 radical (unpaired) electrons. The molecule has 2 fully saturated rings. The number of benzene rings is 2. The number of methoxy groups -OCH3 is 1. The number of hydrogen-bond donors (Lipinski definition) is 1. The molecule has 2 aromatic heterocycles. The van der Waals surface area contributed by atoms with Crippen LogP contribution in [0.4, 0.5) is 63.4 Å². The topological polar surface area (TPSA) is 123 Å². The number of alkyl halides is 11. The fourth-order valence-corrected chi connectivity index (χ4v) is 6.10. The van der Waals surface area contributed by atoms with Crippen molar-refractivity contribution in [3.05, 3.63) is 82.2 Å². The lowest BCUT2D eigenvalue weighted by Gasteiger charge is -2.38. The zero-order chi connectivity index (χ0) is 40.6. The molecule has 23 heteroatoms. The predicted octanol–water partition coefficient (Wildman–Crippen LogP) is 7.77. The third-order valence-corrected chi connectivity index (χ3v) is 8.67. The van der Waals surface area contributed by atoms with E-state index in [9.17, 15) is 63.0 Å². The Morgan fingerprint density at radius 2 is 1.56 bits per heavy atom. The lowest BCUT2D eigenvalue weighted by Crippen LogP contribution is -2.57. The second-order valence-corrected chi connectivity index (χ2v) is 12.4. The van der Waals surface area contributed by atoms with Crippen molar-refractivity contribution >= 4 is 18.0 Å². The zero-order valence-electron chi connectivity index (χ0n) is 27.6. The van der Waals surface area contributed by atoms with Crippen molar-refractivity contribution in [2.24, 2.45) is 0 Å². The molecule has 4 heterocycles. The number of anilines is 1. The average Bonchev–Trinajstić information content (AvgIpc) is 3.64. The van der Waals surface area contributed by atoms with Crippen LogP contribution in [0.25, 0.3) is 16.8 Å². The van der Waals surface area contributed by atoms with Crippen LogP contribution in [0.5, 0.6) is 5.75 Å². The number of ether oxygens (including phenoxy) is 2. The van der Waals surface area contributed by atoms with E-state index < -0.39 is 119 Å². The van der Waals surface area contributed by atoms with Gasteiger partial charge in [-0.3, -0.25) is 4.90 Å². The van der Waals surface area contributed by atoms with Crippen LogP contribution < -0.4 is 9.64 Å². The predicted molar refractivity (Wildman–Crippen MR) is 161 cm³/mol. The van der Waals surface area contributed by atoms with E-state index in [1.165, 1.54) is 6.92 Å². The van der Waals surface area contributed by atoms with Gasteiger partial charge in [0.1, 0.15) is 11.7 Å². The van der Waals surface area contributed by atoms with Crippen LogP contribution in [-0.2, 0) is 29.8 Å². The molecule has 0 saturated carbocycles. The number of amides is 1. The number of carbonyl (C=O) groups excluding carboxylic acids is 1. The van der Waals surface area contributed by atoms with E-state index in [2.05, 4.69) is 15.1 Å². The molecular weight excluding hydrogens is 776 g/mol. The van der Waals surface area contributed by atoms with Gasteiger partial charge < -0.3 is 19.5 Å². The van der Waals surface area contributed by atoms with Gasteiger partial charge in [0, 0.05) is 23.4 Å². The number of halogens is 12. The summed E-state index contributed by atoms with van der Waals surface area (Å²) in [5.41, 5.74) is -8.95. The van der Waals surface area contributed by atoms with Crippen molar-refractivity contribution < 1.29 is 76.9 Å². The van der Waals surface area contributed by atoms with Crippen LogP contribution in [0.3, 0.4) is 0 Å². The molecule has 1 N–H and O–H groups in total. The highest BCUT2D eigenvalue weighted by atomic mass is 19.4. The van der Waals surface area contributed by atoms with Crippen molar-refractivity contribution in [3.8, 4) is 22.6 Å². The minimum Gasteiger partial charge on any atom is -0.493 e.